The predicted molar refractivity (Wildman–Crippen MR) is 124 cm³/mol. The van der Waals surface area contributed by atoms with Crippen molar-refractivity contribution in [3.8, 4) is 0 Å². The van der Waals surface area contributed by atoms with Crippen LogP contribution in [0.15, 0.2) is 59.5 Å². The van der Waals surface area contributed by atoms with Gasteiger partial charge in [-0.05, 0) is 47.7 Å². The van der Waals surface area contributed by atoms with E-state index in [-0.39, 0.29) is 29.7 Å². The molecule has 32 heavy (non-hydrogen) atoms. The Morgan fingerprint density at radius 1 is 1.03 bits per heavy atom. The topological polar surface area (TPSA) is 86.8 Å². The molecular weight excluding hydrogens is 426 g/mol. The van der Waals surface area contributed by atoms with Gasteiger partial charge in [0.1, 0.15) is 0 Å². The highest BCUT2D eigenvalue weighted by atomic mass is 32.2. The fourth-order valence-corrected chi connectivity index (χ4v) is 5.30. The maximum Gasteiger partial charge on any atom is 0.240 e. The number of nitrogens with one attached hydrogen (secondary N) is 1. The van der Waals surface area contributed by atoms with Crippen molar-refractivity contribution in [1.82, 2.24) is 9.62 Å². The monoisotopic (exact) mass is 453 g/mol. The van der Waals surface area contributed by atoms with E-state index >= 15 is 0 Å². The molecule has 0 aromatic heterocycles. The number of anilines is 1. The molecule has 8 heteroatoms. The molecule has 2 aromatic rings. The number of hydrogen-bond donors (Lipinski definition) is 1. The first-order valence-electron chi connectivity index (χ1n) is 10.8. The van der Waals surface area contributed by atoms with Gasteiger partial charge in [-0.3, -0.25) is 9.59 Å². The van der Waals surface area contributed by atoms with Crippen LogP contribution in [-0.2, 0) is 26.0 Å². The number of rotatable bonds is 6. The maximum absolute atomic E-state index is 12.7. The Balaban J connectivity index is 1.31. The molecule has 1 N–H and O–H groups in total. The first-order chi connectivity index (χ1) is 15.3. The molecule has 0 spiro atoms. The fraction of sp³-hybridized carbons (Fsp3) is 0.333. The van der Waals surface area contributed by atoms with Crippen LogP contribution < -0.4 is 9.62 Å². The molecule has 2 heterocycles. The standard InChI is InChI=1S/C24H27N3O4S/c1-18(28)27-16-12-21-17-22(7-8-23(21)27)32(30,31)25-13-9-24(29)26-14-10-20(11-15-26)19-5-3-2-4-6-19/h2-8,10,17,25H,9,11-16H2,1H3. The van der Waals surface area contributed by atoms with Gasteiger partial charge in [-0.1, -0.05) is 36.4 Å². The van der Waals surface area contributed by atoms with Gasteiger partial charge in [0.2, 0.25) is 21.8 Å². The van der Waals surface area contributed by atoms with Gasteiger partial charge in [0, 0.05) is 45.2 Å². The summed E-state index contributed by atoms with van der Waals surface area (Å²) in [6, 6.07) is 14.9. The van der Waals surface area contributed by atoms with E-state index in [1.165, 1.54) is 24.1 Å². The van der Waals surface area contributed by atoms with Crippen molar-refractivity contribution in [2.75, 3.05) is 31.1 Å². The van der Waals surface area contributed by atoms with E-state index in [0.29, 0.717) is 26.1 Å². The molecule has 0 saturated heterocycles. The summed E-state index contributed by atoms with van der Waals surface area (Å²) < 4.78 is 27.9. The SMILES string of the molecule is CC(=O)N1CCc2cc(S(=O)(=O)NCCC(=O)N3CC=C(c4ccccc4)CC3)ccc21. The molecule has 0 unspecified atom stereocenters. The summed E-state index contributed by atoms with van der Waals surface area (Å²) in [6.45, 7) is 3.27. The summed E-state index contributed by atoms with van der Waals surface area (Å²) in [7, 11) is -3.73. The van der Waals surface area contributed by atoms with Crippen LogP contribution in [-0.4, -0.2) is 51.3 Å². The van der Waals surface area contributed by atoms with Crippen molar-refractivity contribution >= 4 is 33.1 Å². The van der Waals surface area contributed by atoms with Gasteiger partial charge >= 0.3 is 0 Å². The minimum Gasteiger partial charge on any atom is -0.339 e. The van der Waals surface area contributed by atoms with Crippen molar-refractivity contribution in [1.29, 1.82) is 0 Å². The molecule has 7 nitrogen and oxygen atoms in total. The van der Waals surface area contributed by atoms with Crippen molar-refractivity contribution in [3.63, 3.8) is 0 Å². The fourth-order valence-electron chi connectivity index (χ4n) is 4.22. The first kappa shape index (κ1) is 22.2. The van der Waals surface area contributed by atoms with Gasteiger partial charge < -0.3 is 9.80 Å². The van der Waals surface area contributed by atoms with Crippen molar-refractivity contribution < 1.29 is 18.0 Å². The van der Waals surface area contributed by atoms with Crippen molar-refractivity contribution in [2.45, 2.75) is 31.1 Å². The molecule has 168 valence electrons. The van der Waals surface area contributed by atoms with Crippen LogP contribution in [0.1, 0.15) is 30.9 Å². The number of amides is 2. The Bertz CT molecular complexity index is 1160. The lowest BCUT2D eigenvalue weighted by atomic mass is 9.99. The van der Waals surface area contributed by atoms with Crippen LogP contribution in [0.2, 0.25) is 0 Å². The highest BCUT2D eigenvalue weighted by Crippen LogP contribution is 2.30. The van der Waals surface area contributed by atoms with Gasteiger partial charge in [0.15, 0.2) is 0 Å². The van der Waals surface area contributed by atoms with Gasteiger partial charge in [-0.15, -0.1) is 0 Å². The zero-order valence-corrected chi connectivity index (χ0v) is 18.9. The molecule has 0 atom stereocenters. The lowest BCUT2D eigenvalue weighted by Gasteiger charge is -2.26. The van der Waals surface area contributed by atoms with Gasteiger partial charge in [-0.2, -0.15) is 0 Å². The highest BCUT2D eigenvalue weighted by molar-refractivity contribution is 7.89. The molecule has 2 aliphatic heterocycles. The molecule has 2 aliphatic rings. The minimum atomic E-state index is -3.73. The second-order valence-electron chi connectivity index (χ2n) is 8.04. The normalized spacial score (nSPS) is 16.0. The smallest absolute Gasteiger partial charge is 0.240 e. The van der Waals surface area contributed by atoms with Gasteiger partial charge in [-0.25, -0.2) is 13.1 Å². The van der Waals surface area contributed by atoms with Crippen LogP contribution in [0.4, 0.5) is 5.69 Å². The highest BCUT2D eigenvalue weighted by Gasteiger charge is 2.25. The van der Waals surface area contributed by atoms with Crippen LogP contribution in [0, 0.1) is 0 Å². The zero-order chi connectivity index (χ0) is 22.7. The lowest BCUT2D eigenvalue weighted by Crippen LogP contribution is -2.37. The second kappa shape index (κ2) is 9.26. The summed E-state index contributed by atoms with van der Waals surface area (Å²) in [5, 5.41) is 0. The molecule has 2 amide bonds. The summed E-state index contributed by atoms with van der Waals surface area (Å²) >= 11 is 0. The number of carbonyl (C=O) groups excluding carboxylic acids is 2. The van der Waals surface area contributed by atoms with E-state index in [2.05, 4.69) is 22.9 Å². The van der Waals surface area contributed by atoms with Gasteiger partial charge in [0.25, 0.3) is 0 Å². The second-order valence-corrected chi connectivity index (χ2v) is 9.81. The van der Waals surface area contributed by atoms with E-state index in [1.54, 1.807) is 21.9 Å². The third kappa shape index (κ3) is 4.76. The predicted octanol–water partition coefficient (Wildman–Crippen LogP) is 2.58. The van der Waals surface area contributed by atoms with E-state index in [4.69, 9.17) is 0 Å². The van der Waals surface area contributed by atoms with E-state index in [9.17, 15) is 18.0 Å². The van der Waals surface area contributed by atoms with Crippen LogP contribution in [0.3, 0.4) is 0 Å². The minimum absolute atomic E-state index is 0.0452. The van der Waals surface area contributed by atoms with Gasteiger partial charge in [0.05, 0.1) is 4.90 Å². The molecule has 0 bridgehead atoms. The third-order valence-electron chi connectivity index (χ3n) is 5.97. The molecule has 2 aromatic carbocycles. The average molecular weight is 454 g/mol. The number of sulfonamides is 1. The molecule has 0 radical (unpaired) electrons. The summed E-state index contributed by atoms with van der Waals surface area (Å²) in [5.41, 5.74) is 4.01. The van der Waals surface area contributed by atoms with E-state index < -0.39 is 10.0 Å². The van der Waals surface area contributed by atoms with Crippen LogP contribution >= 0.6 is 0 Å². The number of fused-ring (bicyclic) bond motifs is 1. The van der Waals surface area contributed by atoms with Crippen molar-refractivity contribution in [3.05, 3.63) is 65.7 Å². The quantitative estimate of drug-likeness (QED) is 0.728. The molecule has 0 saturated carbocycles. The molecular formula is C24H27N3O4S. The number of benzene rings is 2. The van der Waals surface area contributed by atoms with E-state index in [1.807, 2.05) is 18.2 Å². The summed E-state index contributed by atoms with van der Waals surface area (Å²) in [6.07, 6.45) is 3.59. The van der Waals surface area contributed by atoms with Crippen molar-refractivity contribution in [2.24, 2.45) is 0 Å². The Labute approximate surface area is 188 Å². The number of hydrogen-bond acceptors (Lipinski definition) is 4. The molecule has 0 fully saturated rings. The average Bonchev–Trinajstić information content (AvgIpc) is 3.23. The number of carbonyl (C=O) groups is 2. The maximum atomic E-state index is 12.7. The zero-order valence-electron chi connectivity index (χ0n) is 18.1. The number of nitrogens with zero attached hydrogens (tertiary/aromatic N) is 2. The van der Waals surface area contributed by atoms with Crippen LogP contribution in [0.25, 0.3) is 5.57 Å². The third-order valence-corrected chi connectivity index (χ3v) is 7.43. The lowest BCUT2D eigenvalue weighted by molar-refractivity contribution is -0.130. The van der Waals surface area contributed by atoms with Crippen LogP contribution in [0.5, 0.6) is 0 Å². The van der Waals surface area contributed by atoms with E-state index in [0.717, 1.165) is 17.7 Å². The Morgan fingerprint density at radius 2 is 1.81 bits per heavy atom. The molecule has 4 rings (SSSR count). The Kier molecular flexibility index (Phi) is 6.43. The Morgan fingerprint density at radius 3 is 2.50 bits per heavy atom. The summed E-state index contributed by atoms with van der Waals surface area (Å²) in [4.78, 5) is 27.8. The Hall–Kier alpha value is -2.97. The molecule has 0 aliphatic carbocycles. The summed E-state index contributed by atoms with van der Waals surface area (Å²) in [5.74, 6) is -0.124. The largest absolute Gasteiger partial charge is 0.339 e. The first-order valence-corrected chi connectivity index (χ1v) is 12.3.